The standard InChI is InChI=1S/C21H27N3O2S/c1-21(2,3)17-9-6-15(7-10-17)14-26-18-11-8-16(12-19(18)25-5)13-23-24-20(27)22-4/h6-13H,14H2,1-5H3,(H2,22,24,27)/p+1. The number of thiocarbonyl (C=S) groups is 1. The lowest BCUT2D eigenvalue weighted by Crippen LogP contribution is -2.82. The second-order valence-electron chi connectivity index (χ2n) is 7.14. The van der Waals surface area contributed by atoms with Crippen molar-refractivity contribution < 1.29 is 14.6 Å². The molecule has 0 amide bonds. The number of hydrogen-bond donors (Lipinski definition) is 3. The smallest absolute Gasteiger partial charge is 0.223 e. The number of hydrazine groups is 1. The van der Waals surface area contributed by atoms with Crippen LogP contribution < -0.4 is 25.3 Å². The van der Waals surface area contributed by atoms with Crippen LogP contribution in [0.2, 0.25) is 0 Å². The summed E-state index contributed by atoms with van der Waals surface area (Å²) in [6.07, 6.45) is 1.79. The predicted molar refractivity (Wildman–Crippen MR) is 113 cm³/mol. The third-order valence-corrected chi connectivity index (χ3v) is 4.36. The van der Waals surface area contributed by atoms with E-state index in [-0.39, 0.29) is 5.41 Å². The lowest BCUT2D eigenvalue weighted by atomic mass is 9.87. The summed E-state index contributed by atoms with van der Waals surface area (Å²) in [4.78, 5) is 0. The van der Waals surface area contributed by atoms with Crippen molar-refractivity contribution in [1.29, 1.82) is 0 Å². The molecule has 0 saturated heterocycles. The number of hydrazone groups is 1. The summed E-state index contributed by atoms with van der Waals surface area (Å²) < 4.78 is 11.4. The zero-order chi connectivity index (χ0) is 19.9. The van der Waals surface area contributed by atoms with Gasteiger partial charge in [0.2, 0.25) is 5.11 Å². The molecule has 2 rings (SSSR count). The number of hydrogen-bond acceptors (Lipinski definition) is 3. The summed E-state index contributed by atoms with van der Waals surface area (Å²) in [5, 5.41) is 6.25. The third-order valence-electron chi connectivity index (χ3n) is 4.05. The zero-order valence-electron chi connectivity index (χ0n) is 16.6. The van der Waals surface area contributed by atoms with Gasteiger partial charge < -0.3 is 14.8 Å². The Labute approximate surface area is 166 Å². The van der Waals surface area contributed by atoms with Gasteiger partial charge in [0, 0.05) is 12.6 Å². The van der Waals surface area contributed by atoms with Crippen molar-refractivity contribution in [3.8, 4) is 11.5 Å². The molecule has 0 fully saturated rings. The van der Waals surface area contributed by atoms with Crippen LogP contribution in [0.3, 0.4) is 0 Å². The highest BCUT2D eigenvalue weighted by atomic mass is 32.1. The summed E-state index contributed by atoms with van der Waals surface area (Å²) in [6, 6.07) is 14.3. The zero-order valence-corrected chi connectivity index (χ0v) is 17.4. The Morgan fingerprint density at radius 1 is 1.11 bits per heavy atom. The molecule has 0 atom stereocenters. The molecule has 5 nitrogen and oxygen atoms in total. The maximum atomic E-state index is 5.95. The van der Waals surface area contributed by atoms with Gasteiger partial charge in [-0.25, -0.2) is 0 Å². The summed E-state index contributed by atoms with van der Waals surface area (Å²) >= 11 is 5.00. The van der Waals surface area contributed by atoms with Crippen LogP contribution in [0.1, 0.15) is 37.5 Å². The molecule has 0 unspecified atom stereocenters. The number of rotatable bonds is 6. The van der Waals surface area contributed by atoms with Crippen LogP contribution >= 0.6 is 12.2 Å². The molecule has 144 valence electrons. The Hall–Kier alpha value is -2.60. The normalized spacial score (nSPS) is 11.3. The fourth-order valence-corrected chi connectivity index (χ4v) is 2.46. The van der Waals surface area contributed by atoms with E-state index in [1.165, 1.54) is 5.56 Å². The Morgan fingerprint density at radius 3 is 2.41 bits per heavy atom. The summed E-state index contributed by atoms with van der Waals surface area (Å²) in [5.41, 5.74) is 6.34. The van der Waals surface area contributed by atoms with E-state index in [1.807, 2.05) is 18.2 Å². The van der Waals surface area contributed by atoms with Crippen molar-refractivity contribution in [2.45, 2.75) is 32.8 Å². The van der Waals surface area contributed by atoms with Crippen molar-refractivity contribution in [1.82, 2.24) is 10.7 Å². The van der Waals surface area contributed by atoms with Crippen molar-refractivity contribution in [3.05, 3.63) is 59.2 Å². The molecule has 0 saturated carbocycles. The predicted octanol–water partition coefficient (Wildman–Crippen LogP) is 2.08. The Balaban J connectivity index is 2.03. The van der Waals surface area contributed by atoms with Gasteiger partial charge in [0.15, 0.2) is 17.7 Å². The topological polar surface area (TPSA) is 56.5 Å². The van der Waals surface area contributed by atoms with E-state index < -0.39 is 0 Å². The first-order valence-electron chi connectivity index (χ1n) is 8.80. The van der Waals surface area contributed by atoms with E-state index in [1.54, 1.807) is 20.4 Å². The number of ether oxygens (including phenoxy) is 2. The molecular weight excluding hydrogens is 358 g/mol. The molecule has 27 heavy (non-hydrogen) atoms. The summed E-state index contributed by atoms with van der Waals surface area (Å²) in [7, 11) is 3.38. The fourth-order valence-electron chi connectivity index (χ4n) is 2.40. The highest BCUT2D eigenvalue weighted by Gasteiger charge is 2.13. The average Bonchev–Trinajstić information content (AvgIpc) is 2.66. The quantitative estimate of drug-likeness (QED) is 0.403. The number of nitrogens with one attached hydrogen (secondary N) is 3. The largest absolute Gasteiger partial charge is 0.493 e. The van der Waals surface area contributed by atoms with Crippen LogP contribution in [0.15, 0.2) is 42.5 Å². The lowest BCUT2D eigenvalue weighted by Gasteiger charge is -2.19. The number of benzene rings is 2. The van der Waals surface area contributed by atoms with E-state index in [0.29, 0.717) is 23.2 Å². The minimum atomic E-state index is 0.148. The van der Waals surface area contributed by atoms with Gasteiger partial charge in [0.1, 0.15) is 6.61 Å². The molecule has 0 bridgehead atoms. The highest BCUT2D eigenvalue weighted by Crippen LogP contribution is 2.28. The monoisotopic (exact) mass is 386 g/mol. The molecule has 0 spiro atoms. The summed E-state index contributed by atoms with van der Waals surface area (Å²) in [5.74, 6) is 1.38. The van der Waals surface area contributed by atoms with Gasteiger partial charge in [-0.2, -0.15) is 0 Å². The van der Waals surface area contributed by atoms with Crippen molar-refractivity contribution >= 4 is 23.5 Å². The first kappa shape index (κ1) is 20.7. The molecule has 0 aromatic heterocycles. The van der Waals surface area contributed by atoms with E-state index in [0.717, 1.165) is 11.1 Å². The molecule has 0 aliphatic rings. The van der Waals surface area contributed by atoms with Crippen molar-refractivity contribution in [3.63, 3.8) is 0 Å². The maximum absolute atomic E-state index is 5.95. The fraction of sp³-hybridized carbons (Fsp3) is 0.333. The van der Waals surface area contributed by atoms with E-state index in [4.69, 9.17) is 21.7 Å². The number of methoxy groups -OCH3 is 1. The van der Waals surface area contributed by atoms with Crippen molar-refractivity contribution in [2.75, 3.05) is 14.2 Å². The third kappa shape index (κ3) is 6.25. The Morgan fingerprint density at radius 2 is 1.81 bits per heavy atom. The van der Waals surface area contributed by atoms with Crippen LogP contribution in [0.25, 0.3) is 0 Å². The van der Waals surface area contributed by atoms with Gasteiger partial charge in [-0.3, -0.25) is 0 Å². The molecule has 6 heteroatoms. The van der Waals surface area contributed by atoms with Gasteiger partial charge in [0.25, 0.3) is 0 Å². The molecule has 0 heterocycles. The van der Waals surface area contributed by atoms with E-state index in [2.05, 4.69) is 60.9 Å². The highest BCUT2D eigenvalue weighted by molar-refractivity contribution is 7.80. The lowest BCUT2D eigenvalue weighted by molar-refractivity contribution is -0.500. The Kier molecular flexibility index (Phi) is 7.19. The molecule has 2 aromatic rings. The van der Waals surface area contributed by atoms with Crippen LogP contribution in [0.4, 0.5) is 0 Å². The minimum Gasteiger partial charge on any atom is -0.493 e. The van der Waals surface area contributed by atoms with Gasteiger partial charge in [0.05, 0.1) is 7.11 Å². The molecule has 0 radical (unpaired) electrons. The Bertz CT molecular complexity index is 796. The van der Waals surface area contributed by atoms with E-state index in [9.17, 15) is 0 Å². The second kappa shape index (κ2) is 9.37. The van der Waals surface area contributed by atoms with Crippen LogP contribution in [0.5, 0.6) is 11.5 Å². The van der Waals surface area contributed by atoms with Gasteiger partial charge in [-0.1, -0.05) is 45.0 Å². The molecule has 0 aliphatic carbocycles. The summed E-state index contributed by atoms with van der Waals surface area (Å²) in [6.45, 7) is 7.11. The second-order valence-corrected chi connectivity index (χ2v) is 7.55. The van der Waals surface area contributed by atoms with Gasteiger partial charge in [-0.05, 0) is 47.0 Å². The molecule has 2 aromatic carbocycles. The first-order valence-corrected chi connectivity index (χ1v) is 9.21. The van der Waals surface area contributed by atoms with Gasteiger partial charge in [-0.15, -0.1) is 10.5 Å². The van der Waals surface area contributed by atoms with E-state index >= 15 is 0 Å². The van der Waals surface area contributed by atoms with Gasteiger partial charge >= 0.3 is 0 Å². The molecular formula is C21H28N3O2S+. The minimum absolute atomic E-state index is 0.148. The van der Waals surface area contributed by atoms with Crippen LogP contribution in [-0.2, 0) is 12.0 Å². The van der Waals surface area contributed by atoms with Crippen LogP contribution in [-0.4, -0.2) is 25.5 Å². The van der Waals surface area contributed by atoms with Crippen LogP contribution in [0, 0.1) is 0 Å². The SMILES string of the molecule is CNC(=S)N[NH+]=Cc1ccc(OCc2ccc(C(C)(C)C)cc2)c(OC)c1. The average molecular weight is 387 g/mol. The first-order chi connectivity index (χ1) is 12.8. The molecule has 0 aliphatic heterocycles. The van der Waals surface area contributed by atoms with Crippen molar-refractivity contribution in [2.24, 2.45) is 0 Å². The maximum Gasteiger partial charge on any atom is 0.223 e. The molecule has 3 N–H and O–H groups in total.